The molecule has 1 unspecified atom stereocenters. The van der Waals surface area contributed by atoms with E-state index in [2.05, 4.69) is 24.5 Å². The average molecular weight is 741 g/mol. The van der Waals surface area contributed by atoms with Crippen molar-refractivity contribution in [3.05, 3.63) is 35.9 Å². The second kappa shape index (κ2) is 19.8. The van der Waals surface area contributed by atoms with Gasteiger partial charge in [-0.25, -0.2) is 4.79 Å². The van der Waals surface area contributed by atoms with E-state index in [1.165, 1.54) is 16.2 Å². The van der Waals surface area contributed by atoms with Crippen LogP contribution in [0.5, 0.6) is 0 Å². The molecule has 1 saturated carbocycles. The van der Waals surface area contributed by atoms with Crippen molar-refractivity contribution in [2.75, 3.05) is 20.6 Å². The third kappa shape index (κ3) is 14.0. The summed E-state index contributed by atoms with van der Waals surface area (Å²) in [6.45, 7) is 17.2. The molecule has 3 rings (SSSR count). The number of ketones is 3. The molecule has 1 aromatic rings. The van der Waals surface area contributed by atoms with Gasteiger partial charge in [-0.3, -0.25) is 28.8 Å². The molecule has 12 heteroatoms. The number of benzene rings is 1. The summed E-state index contributed by atoms with van der Waals surface area (Å²) in [6, 6.07) is 6.75. The molecular weight excluding hydrogens is 676 g/mol. The van der Waals surface area contributed by atoms with Crippen LogP contribution < -0.4 is 10.6 Å². The number of likely N-dealkylation sites (tertiary alicyclic amines) is 1. The smallest absolute Gasteiger partial charge is 0.408 e. The molecule has 6 atom stereocenters. The summed E-state index contributed by atoms with van der Waals surface area (Å²) in [4.78, 5) is 95.4. The largest absolute Gasteiger partial charge is 0.444 e. The molecule has 4 amide bonds. The number of alkyl carbamates (subject to hydrolysis) is 1. The lowest BCUT2D eigenvalue weighted by Crippen LogP contribution is -2.58. The van der Waals surface area contributed by atoms with Crippen molar-refractivity contribution < 1.29 is 38.3 Å². The summed E-state index contributed by atoms with van der Waals surface area (Å²) in [5.41, 5.74) is -0.703. The Morgan fingerprint density at radius 2 is 1.49 bits per heavy atom. The molecule has 2 aliphatic rings. The van der Waals surface area contributed by atoms with Gasteiger partial charge in [-0.1, -0.05) is 84.7 Å². The van der Waals surface area contributed by atoms with Crippen molar-refractivity contribution in [3.63, 3.8) is 0 Å². The molecule has 0 radical (unpaired) electrons. The van der Waals surface area contributed by atoms with Gasteiger partial charge in [-0.2, -0.15) is 0 Å². The van der Waals surface area contributed by atoms with Gasteiger partial charge in [0, 0.05) is 45.8 Å². The lowest BCUT2D eigenvalue weighted by atomic mass is 9.84. The van der Waals surface area contributed by atoms with Crippen molar-refractivity contribution in [1.29, 1.82) is 0 Å². The molecule has 0 aromatic heterocycles. The quantitative estimate of drug-likeness (QED) is 0.201. The SMILES string of the molecule is CCC.CCCC(CC(=O)[C@@H]1[C@H]2C[C@H]2CN1C(=O)[C@@H](NC(=O)OC(C)(C)C)C(C)(C)C)C(=O)C(=O)CCC(=O)N[C@@H](CC(=O)N(C)C)c1ccccc1. The zero-order valence-electron chi connectivity index (χ0n) is 33.9. The van der Waals surface area contributed by atoms with Crippen molar-refractivity contribution >= 4 is 41.2 Å². The number of ether oxygens (including phenoxy) is 1. The first kappa shape index (κ1) is 45.1. The summed E-state index contributed by atoms with van der Waals surface area (Å²) >= 11 is 0. The van der Waals surface area contributed by atoms with Crippen LogP contribution in [-0.4, -0.2) is 89.3 Å². The minimum atomic E-state index is -0.951. The second-order valence-corrected chi connectivity index (χ2v) is 16.7. The zero-order valence-corrected chi connectivity index (χ0v) is 33.9. The van der Waals surface area contributed by atoms with Gasteiger partial charge in [0.05, 0.1) is 18.5 Å². The van der Waals surface area contributed by atoms with Crippen LogP contribution in [0.1, 0.15) is 125 Å². The fourth-order valence-corrected chi connectivity index (χ4v) is 6.52. The van der Waals surface area contributed by atoms with Gasteiger partial charge in [0.15, 0.2) is 11.6 Å². The minimum absolute atomic E-state index is 0.0256. The highest BCUT2D eigenvalue weighted by Crippen LogP contribution is 2.50. The summed E-state index contributed by atoms with van der Waals surface area (Å²) in [5.74, 6) is -3.45. The normalized spacial score (nSPS) is 19.3. The Morgan fingerprint density at radius 3 is 2.02 bits per heavy atom. The number of hydrogen-bond acceptors (Lipinski definition) is 8. The highest BCUT2D eigenvalue weighted by molar-refractivity contribution is 6.38. The molecule has 2 fully saturated rings. The molecule has 53 heavy (non-hydrogen) atoms. The first-order valence-electron chi connectivity index (χ1n) is 19.1. The third-order valence-electron chi connectivity index (χ3n) is 9.26. The molecule has 1 aliphatic carbocycles. The van der Waals surface area contributed by atoms with Crippen LogP contribution >= 0.6 is 0 Å². The maximum Gasteiger partial charge on any atom is 0.408 e. The van der Waals surface area contributed by atoms with Gasteiger partial charge in [0.2, 0.25) is 23.5 Å². The van der Waals surface area contributed by atoms with E-state index in [0.717, 1.165) is 12.0 Å². The van der Waals surface area contributed by atoms with Gasteiger partial charge in [-0.05, 0) is 56.4 Å². The molecule has 0 bridgehead atoms. The molecule has 1 heterocycles. The number of nitrogens with one attached hydrogen (secondary N) is 2. The molecular formula is C41H64N4O8. The Morgan fingerprint density at radius 1 is 0.887 bits per heavy atom. The van der Waals surface area contributed by atoms with Gasteiger partial charge < -0.3 is 25.2 Å². The van der Waals surface area contributed by atoms with E-state index < -0.39 is 58.6 Å². The molecule has 0 spiro atoms. The van der Waals surface area contributed by atoms with E-state index in [9.17, 15) is 33.6 Å². The van der Waals surface area contributed by atoms with Crippen molar-refractivity contribution in [2.45, 2.75) is 137 Å². The van der Waals surface area contributed by atoms with Gasteiger partial charge in [-0.15, -0.1) is 0 Å². The van der Waals surface area contributed by atoms with Crippen LogP contribution in [0.25, 0.3) is 0 Å². The van der Waals surface area contributed by atoms with Crippen LogP contribution in [-0.2, 0) is 33.5 Å². The second-order valence-electron chi connectivity index (χ2n) is 16.7. The number of carbonyl (C=O) groups excluding carboxylic acids is 7. The lowest BCUT2D eigenvalue weighted by molar-refractivity contribution is -0.144. The number of piperidine rings is 1. The number of fused-ring (bicyclic) bond motifs is 1. The Balaban J connectivity index is 0.00000313. The lowest BCUT2D eigenvalue weighted by Gasteiger charge is -2.37. The van der Waals surface area contributed by atoms with Gasteiger partial charge >= 0.3 is 6.09 Å². The molecule has 12 nitrogen and oxygen atoms in total. The first-order valence-corrected chi connectivity index (χ1v) is 19.1. The van der Waals surface area contributed by atoms with Crippen molar-refractivity contribution in [3.8, 4) is 0 Å². The van der Waals surface area contributed by atoms with Crippen LogP contribution in [0.2, 0.25) is 0 Å². The molecule has 296 valence electrons. The number of carbonyl (C=O) groups is 7. The highest BCUT2D eigenvalue weighted by atomic mass is 16.6. The topological polar surface area (TPSA) is 159 Å². The molecule has 2 N–H and O–H groups in total. The summed E-state index contributed by atoms with van der Waals surface area (Å²) < 4.78 is 5.41. The van der Waals surface area contributed by atoms with E-state index in [1.54, 1.807) is 59.1 Å². The Hall–Kier alpha value is -4.09. The number of Topliss-reactive ketones (excluding diaryl/α,β-unsaturated/α-hetero) is 3. The Kier molecular flexibility index (Phi) is 16.9. The summed E-state index contributed by atoms with van der Waals surface area (Å²) in [6.07, 6.45) is 1.46. The van der Waals surface area contributed by atoms with E-state index >= 15 is 0 Å². The summed E-state index contributed by atoms with van der Waals surface area (Å²) in [5, 5.41) is 5.55. The first-order chi connectivity index (χ1) is 24.6. The number of hydrogen-bond donors (Lipinski definition) is 2. The van der Waals surface area contributed by atoms with Crippen molar-refractivity contribution in [2.24, 2.45) is 23.2 Å². The monoisotopic (exact) mass is 740 g/mol. The Bertz CT molecular complexity index is 1450. The fraction of sp³-hybridized carbons (Fsp3) is 0.683. The molecule has 1 aliphatic heterocycles. The molecule has 1 aromatic carbocycles. The minimum Gasteiger partial charge on any atom is -0.444 e. The highest BCUT2D eigenvalue weighted by Gasteiger charge is 2.58. The number of nitrogens with zero attached hydrogens (tertiary/aromatic N) is 2. The predicted octanol–water partition coefficient (Wildman–Crippen LogP) is 5.82. The van der Waals surface area contributed by atoms with Crippen LogP contribution in [0.4, 0.5) is 4.79 Å². The molecule has 1 saturated heterocycles. The zero-order chi connectivity index (χ0) is 40.3. The third-order valence-corrected chi connectivity index (χ3v) is 9.26. The van der Waals surface area contributed by atoms with E-state index in [0.29, 0.717) is 19.4 Å². The standard InChI is InChI=1S/C38H56N4O8.C3H8/c1-10-14-24(33(47)28(43)17-18-30(45)39-27(21-31(46)41(8)9)23-15-12-11-13-16-23)20-29(44)32-26-19-25(26)22-42(32)35(48)34(37(2,3)4)40-36(49)50-38(5,6)7;1-3-2/h11-13,15-16,24-27,32,34H,10,14,17-22H2,1-9H3,(H,39,45)(H,40,49);3H2,1-2H3/t24?,25-,26-,27-,32-,34+;/m0./s1. The maximum absolute atomic E-state index is 14.0. The van der Waals surface area contributed by atoms with Crippen molar-refractivity contribution in [1.82, 2.24) is 20.4 Å². The maximum atomic E-state index is 14.0. The van der Waals surface area contributed by atoms with Crippen LogP contribution in [0.15, 0.2) is 30.3 Å². The van der Waals surface area contributed by atoms with Crippen LogP contribution in [0.3, 0.4) is 0 Å². The number of rotatable bonds is 16. The van der Waals surface area contributed by atoms with Gasteiger partial charge in [0.25, 0.3) is 0 Å². The predicted molar refractivity (Wildman–Crippen MR) is 204 cm³/mol. The number of amides is 4. The summed E-state index contributed by atoms with van der Waals surface area (Å²) in [7, 11) is 3.26. The van der Waals surface area contributed by atoms with Gasteiger partial charge in [0.1, 0.15) is 11.6 Å². The average Bonchev–Trinajstić information content (AvgIpc) is 3.72. The fourth-order valence-electron chi connectivity index (χ4n) is 6.52. The van der Waals surface area contributed by atoms with E-state index in [1.807, 2.05) is 33.8 Å². The Labute approximate surface area is 316 Å². The van der Waals surface area contributed by atoms with Crippen LogP contribution in [0, 0.1) is 23.2 Å². The van der Waals surface area contributed by atoms with E-state index in [-0.39, 0.29) is 55.1 Å². The van der Waals surface area contributed by atoms with E-state index in [4.69, 9.17) is 4.74 Å².